The number of nitrogens with zero attached hydrogens (tertiary/aromatic N) is 3. The van der Waals surface area contributed by atoms with Crippen LogP contribution in [0.2, 0.25) is 0 Å². The highest BCUT2D eigenvalue weighted by molar-refractivity contribution is 5.96. The number of methoxy groups -OCH3 is 1. The first-order valence-corrected chi connectivity index (χ1v) is 6.30. The number of carbonyl (C=O) groups excluding carboxylic acids is 2. The summed E-state index contributed by atoms with van der Waals surface area (Å²) in [4.78, 5) is 27.3. The molecular weight excluding hydrogens is 274 g/mol. The number of carbonyl (C=O) groups is 2. The lowest BCUT2D eigenvalue weighted by Crippen LogP contribution is -2.14. The molecule has 0 spiro atoms. The summed E-state index contributed by atoms with van der Waals surface area (Å²) in [7, 11) is 1.29. The van der Waals surface area contributed by atoms with Crippen LogP contribution < -0.4 is 0 Å². The second kappa shape index (κ2) is 6.65. The number of benzene rings is 1. The summed E-state index contributed by atoms with van der Waals surface area (Å²) < 4.78 is 11.4. The molecular formula is C14H15N3O4. The number of aromatic nitrogens is 3. The van der Waals surface area contributed by atoms with E-state index in [0.29, 0.717) is 17.7 Å². The first-order chi connectivity index (χ1) is 10.1. The molecule has 1 heterocycles. The number of rotatable bonds is 5. The Morgan fingerprint density at radius 2 is 2.10 bits per heavy atom. The highest BCUT2D eigenvalue weighted by atomic mass is 16.5. The van der Waals surface area contributed by atoms with Crippen LogP contribution in [0.5, 0.6) is 0 Å². The van der Waals surface area contributed by atoms with E-state index in [1.54, 1.807) is 23.7 Å². The number of esters is 2. The maximum Gasteiger partial charge on any atom is 0.338 e. The van der Waals surface area contributed by atoms with Crippen LogP contribution in [0.1, 0.15) is 26.3 Å². The van der Waals surface area contributed by atoms with E-state index in [4.69, 9.17) is 4.74 Å². The summed E-state index contributed by atoms with van der Waals surface area (Å²) in [5.41, 5.74) is 1.39. The third-order valence-electron chi connectivity index (χ3n) is 2.90. The molecule has 0 unspecified atom stereocenters. The number of hydrogen-bond acceptors (Lipinski definition) is 6. The second-order valence-corrected chi connectivity index (χ2v) is 4.32. The van der Waals surface area contributed by atoms with Gasteiger partial charge in [-0.2, -0.15) is 5.10 Å². The van der Waals surface area contributed by atoms with E-state index in [1.807, 2.05) is 0 Å². The van der Waals surface area contributed by atoms with Crippen LogP contribution in [-0.4, -0.2) is 40.4 Å². The standard InChI is InChI=1S/C14H15N3O4/c1-10-3-4-11(13(18)20-2)7-12(10)14(19)21-6-5-17-9-15-8-16-17/h3-4,7-9H,5-6H2,1-2H3. The van der Waals surface area contributed by atoms with Gasteiger partial charge in [0.05, 0.1) is 24.8 Å². The fraction of sp³-hybridized carbons (Fsp3) is 0.286. The minimum absolute atomic E-state index is 0.171. The van der Waals surface area contributed by atoms with Crippen molar-refractivity contribution in [2.75, 3.05) is 13.7 Å². The summed E-state index contributed by atoms with van der Waals surface area (Å²) >= 11 is 0. The van der Waals surface area contributed by atoms with Crippen LogP contribution >= 0.6 is 0 Å². The lowest BCUT2D eigenvalue weighted by atomic mass is 10.1. The zero-order valence-corrected chi connectivity index (χ0v) is 11.8. The zero-order chi connectivity index (χ0) is 15.2. The molecule has 21 heavy (non-hydrogen) atoms. The summed E-state index contributed by atoms with van der Waals surface area (Å²) in [6.45, 7) is 2.36. The van der Waals surface area contributed by atoms with Crippen LogP contribution in [0, 0.1) is 6.92 Å². The molecule has 0 radical (unpaired) electrons. The molecule has 2 rings (SSSR count). The Morgan fingerprint density at radius 3 is 2.76 bits per heavy atom. The normalized spacial score (nSPS) is 10.2. The molecule has 7 heteroatoms. The Hall–Kier alpha value is -2.70. The third kappa shape index (κ3) is 3.65. The molecule has 1 aromatic heterocycles. The number of aryl methyl sites for hydroxylation is 1. The van der Waals surface area contributed by atoms with Crippen LogP contribution in [0.3, 0.4) is 0 Å². The average Bonchev–Trinajstić information content (AvgIpc) is 3.00. The lowest BCUT2D eigenvalue weighted by molar-refractivity contribution is 0.0486. The van der Waals surface area contributed by atoms with Gasteiger partial charge in [-0.05, 0) is 24.6 Å². The van der Waals surface area contributed by atoms with E-state index in [9.17, 15) is 9.59 Å². The van der Waals surface area contributed by atoms with Crippen molar-refractivity contribution in [2.45, 2.75) is 13.5 Å². The monoisotopic (exact) mass is 289 g/mol. The zero-order valence-electron chi connectivity index (χ0n) is 11.8. The molecule has 0 amide bonds. The van der Waals surface area contributed by atoms with Gasteiger partial charge in [0, 0.05) is 0 Å². The molecule has 7 nitrogen and oxygen atoms in total. The van der Waals surface area contributed by atoms with Gasteiger partial charge >= 0.3 is 11.9 Å². The van der Waals surface area contributed by atoms with Gasteiger partial charge in [-0.15, -0.1) is 0 Å². The first kappa shape index (κ1) is 14.7. The molecule has 0 N–H and O–H groups in total. The van der Waals surface area contributed by atoms with Crippen LogP contribution in [0.15, 0.2) is 30.9 Å². The van der Waals surface area contributed by atoms with Crippen molar-refractivity contribution in [1.82, 2.24) is 14.8 Å². The number of hydrogen-bond donors (Lipinski definition) is 0. The highest BCUT2D eigenvalue weighted by Gasteiger charge is 2.14. The van der Waals surface area contributed by atoms with E-state index in [0.717, 1.165) is 5.56 Å². The van der Waals surface area contributed by atoms with Crippen molar-refractivity contribution in [3.63, 3.8) is 0 Å². The van der Waals surface area contributed by atoms with Gasteiger partial charge in [-0.25, -0.2) is 19.3 Å². The molecule has 0 saturated carbocycles. The van der Waals surface area contributed by atoms with E-state index in [-0.39, 0.29) is 6.61 Å². The third-order valence-corrected chi connectivity index (χ3v) is 2.90. The molecule has 0 saturated heterocycles. The van der Waals surface area contributed by atoms with Gasteiger partial charge in [-0.1, -0.05) is 6.07 Å². The van der Waals surface area contributed by atoms with E-state index in [2.05, 4.69) is 14.8 Å². The molecule has 0 aliphatic rings. The van der Waals surface area contributed by atoms with Crippen LogP contribution in [0.4, 0.5) is 0 Å². The average molecular weight is 289 g/mol. The van der Waals surface area contributed by atoms with Crippen LogP contribution in [-0.2, 0) is 16.0 Å². The largest absolute Gasteiger partial charge is 0.465 e. The maximum atomic E-state index is 12.0. The molecule has 110 valence electrons. The Balaban J connectivity index is 2.02. The lowest BCUT2D eigenvalue weighted by Gasteiger charge is -2.08. The summed E-state index contributed by atoms with van der Waals surface area (Å²) in [6, 6.07) is 4.76. The van der Waals surface area contributed by atoms with Gasteiger partial charge in [0.2, 0.25) is 0 Å². The number of ether oxygens (including phenoxy) is 2. The molecule has 0 bridgehead atoms. The van der Waals surface area contributed by atoms with E-state index < -0.39 is 11.9 Å². The van der Waals surface area contributed by atoms with Crippen molar-refractivity contribution in [3.8, 4) is 0 Å². The maximum absolute atomic E-state index is 12.0. The van der Waals surface area contributed by atoms with Crippen molar-refractivity contribution in [3.05, 3.63) is 47.5 Å². The molecule has 0 aliphatic carbocycles. The predicted molar refractivity (Wildman–Crippen MR) is 72.8 cm³/mol. The first-order valence-electron chi connectivity index (χ1n) is 6.30. The van der Waals surface area contributed by atoms with E-state index in [1.165, 1.54) is 25.8 Å². The van der Waals surface area contributed by atoms with Crippen molar-refractivity contribution in [2.24, 2.45) is 0 Å². The minimum Gasteiger partial charge on any atom is -0.465 e. The van der Waals surface area contributed by atoms with E-state index >= 15 is 0 Å². The highest BCUT2D eigenvalue weighted by Crippen LogP contribution is 2.13. The molecule has 1 aromatic carbocycles. The van der Waals surface area contributed by atoms with Gasteiger partial charge in [0.1, 0.15) is 19.3 Å². The van der Waals surface area contributed by atoms with Gasteiger partial charge in [-0.3, -0.25) is 0 Å². The van der Waals surface area contributed by atoms with Gasteiger partial charge in [0.15, 0.2) is 0 Å². The Morgan fingerprint density at radius 1 is 1.29 bits per heavy atom. The van der Waals surface area contributed by atoms with Crippen molar-refractivity contribution in [1.29, 1.82) is 0 Å². The van der Waals surface area contributed by atoms with Gasteiger partial charge in [0.25, 0.3) is 0 Å². The van der Waals surface area contributed by atoms with Crippen molar-refractivity contribution < 1.29 is 19.1 Å². The Bertz CT molecular complexity index is 638. The fourth-order valence-electron chi connectivity index (χ4n) is 1.74. The Kier molecular flexibility index (Phi) is 4.65. The van der Waals surface area contributed by atoms with Gasteiger partial charge < -0.3 is 9.47 Å². The molecule has 0 fully saturated rings. The van der Waals surface area contributed by atoms with Crippen molar-refractivity contribution >= 4 is 11.9 Å². The Labute approximate surface area is 121 Å². The molecule has 0 aliphatic heterocycles. The van der Waals surface area contributed by atoms with Crippen LogP contribution in [0.25, 0.3) is 0 Å². The summed E-state index contributed by atoms with van der Waals surface area (Å²) in [6.07, 6.45) is 2.95. The second-order valence-electron chi connectivity index (χ2n) is 4.32. The topological polar surface area (TPSA) is 83.3 Å². The SMILES string of the molecule is COC(=O)c1ccc(C)c(C(=O)OCCn2cncn2)c1. The fourth-order valence-corrected chi connectivity index (χ4v) is 1.74. The molecule has 2 aromatic rings. The summed E-state index contributed by atoms with van der Waals surface area (Å²) in [5.74, 6) is -0.981. The quantitative estimate of drug-likeness (QED) is 0.770. The molecule has 0 atom stereocenters. The minimum atomic E-state index is -0.494. The smallest absolute Gasteiger partial charge is 0.338 e. The summed E-state index contributed by atoms with van der Waals surface area (Å²) in [5, 5.41) is 3.90. The predicted octanol–water partition coefficient (Wildman–Crippen LogP) is 1.23.